The van der Waals surface area contributed by atoms with Crippen LogP contribution < -0.4 is 11.1 Å². The highest BCUT2D eigenvalue weighted by molar-refractivity contribution is 6.11. The summed E-state index contributed by atoms with van der Waals surface area (Å²) >= 11 is 0. The highest BCUT2D eigenvalue weighted by Crippen LogP contribution is 2.34. The summed E-state index contributed by atoms with van der Waals surface area (Å²) in [5.74, 6) is -0.382. The Hall–Kier alpha value is -3.62. The van der Waals surface area contributed by atoms with Gasteiger partial charge in [0.05, 0.1) is 16.6 Å². The molecule has 1 aliphatic carbocycles. The van der Waals surface area contributed by atoms with Crippen LogP contribution in [0.25, 0.3) is 27.9 Å². The molecule has 0 atom stereocenters. The maximum Gasteiger partial charge on any atom is 0.416 e. The highest BCUT2D eigenvalue weighted by Gasteiger charge is 2.32. The summed E-state index contributed by atoms with van der Waals surface area (Å²) in [5, 5.41) is 3.04. The van der Waals surface area contributed by atoms with Gasteiger partial charge in [0.15, 0.2) is 5.65 Å². The van der Waals surface area contributed by atoms with Gasteiger partial charge in [0, 0.05) is 11.7 Å². The van der Waals surface area contributed by atoms with Crippen molar-refractivity contribution in [3.8, 4) is 5.69 Å². The Kier molecular flexibility index (Phi) is 5.19. The van der Waals surface area contributed by atoms with Crippen LogP contribution in [0.5, 0.6) is 0 Å². The number of amides is 1. The van der Waals surface area contributed by atoms with Crippen LogP contribution in [-0.2, 0) is 6.18 Å². The van der Waals surface area contributed by atoms with Crippen LogP contribution in [0.15, 0.2) is 48.5 Å². The van der Waals surface area contributed by atoms with Crippen molar-refractivity contribution in [3.05, 3.63) is 59.7 Å². The first-order chi connectivity index (χ1) is 15.8. The van der Waals surface area contributed by atoms with Crippen LogP contribution in [0.4, 0.5) is 19.0 Å². The number of nitrogens with one attached hydrogen (secondary N) is 1. The fraction of sp³-hybridized carbons (Fsp3) is 0.292. The van der Waals surface area contributed by atoms with E-state index in [1.807, 2.05) is 0 Å². The lowest BCUT2D eigenvalue weighted by Gasteiger charge is -2.22. The molecule has 6 nitrogen and oxygen atoms in total. The summed E-state index contributed by atoms with van der Waals surface area (Å²) in [4.78, 5) is 22.5. The van der Waals surface area contributed by atoms with E-state index in [1.165, 1.54) is 16.7 Å². The number of nitrogen functional groups attached to an aromatic ring is 1. The van der Waals surface area contributed by atoms with Gasteiger partial charge in [-0.3, -0.25) is 9.36 Å². The predicted octanol–water partition coefficient (Wildman–Crippen LogP) is 5.24. The third-order valence-corrected chi connectivity index (χ3v) is 6.10. The molecule has 170 valence electrons. The van der Waals surface area contributed by atoms with Gasteiger partial charge >= 0.3 is 6.18 Å². The summed E-state index contributed by atoms with van der Waals surface area (Å²) in [5.41, 5.74) is 7.51. The average Bonchev–Trinajstić information content (AvgIpc) is 3.08. The number of carbonyl (C=O) groups is 1. The minimum absolute atomic E-state index is 0.00735. The SMILES string of the molecule is Nc1c(C(=O)NC2CCCCC2)c2nc3ccccc3nc2n1-c1cccc(C(F)(F)F)c1. The quantitative estimate of drug-likeness (QED) is 0.444. The first-order valence-corrected chi connectivity index (χ1v) is 10.9. The summed E-state index contributed by atoms with van der Waals surface area (Å²) in [6.07, 6.45) is 0.459. The van der Waals surface area contributed by atoms with E-state index < -0.39 is 11.7 Å². The van der Waals surface area contributed by atoms with Crippen LogP contribution in [0, 0.1) is 0 Å². The maximum atomic E-state index is 13.4. The Bertz CT molecular complexity index is 1360. The number of carbonyl (C=O) groups excluding carboxylic acids is 1. The molecule has 33 heavy (non-hydrogen) atoms. The van der Waals surface area contributed by atoms with Crippen LogP contribution in [0.1, 0.15) is 48.0 Å². The Labute approximate surface area is 187 Å². The maximum absolute atomic E-state index is 13.4. The van der Waals surface area contributed by atoms with E-state index in [0.29, 0.717) is 11.0 Å². The lowest BCUT2D eigenvalue weighted by molar-refractivity contribution is -0.137. The lowest BCUT2D eigenvalue weighted by Crippen LogP contribution is -2.36. The summed E-state index contributed by atoms with van der Waals surface area (Å²) in [6.45, 7) is 0. The van der Waals surface area contributed by atoms with E-state index >= 15 is 0 Å². The van der Waals surface area contributed by atoms with Gasteiger partial charge in [0.25, 0.3) is 5.91 Å². The molecule has 3 N–H and O–H groups in total. The third-order valence-electron chi connectivity index (χ3n) is 6.10. The zero-order valence-corrected chi connectivity index (χ0v) is 17.7. The van der Waals surface area contributed by atoms with Gasteiger partial charge in [-0.2, -0.15) is 13.2 Å². The molecule has 2 heterocycles. The molecule has 0 unspecified atom stereocenters. The minimum atomic E-state index is -4.52. The fourth-order valence-corrected chi connectivity index (χ4v) is 4.47. The second kappa shape index (κ2) is 8.06. The van der Waals surface area contributed by atoms with E-state index in [2.05, 4.69) is 15.3 Å². The fourth-order valence-electron chi connectivity index (χ4n) is 4.47. The lowest BCUT2D eigenvalue weighted by atomic mass is 9.95. The number of benzene rings is 2. The van der Waals surface area contributed by atoms with E-state index in [0.717, 1.165) is 44.2 Å². The molecule has 1 amide bonds. The normalized spacial score (nSPS) is 15.2. The first-order valence-electron chi connectivity index (χ1n) is 10.9. The average molecular weight is 453 g/mol. The molecule has 4 aromatic rings. The van der Waals surface area contributed by atoms with E-state index in [9.17, 15) is 18.0 Å². The van der Waals surface area contributed by atoms with Gasteiger partial charge < -0.3 is 11.1 Å². The van der Waals surface area contributed by atoms with Gasteiger partial charge in [0.1, 0.15) is 16.9 Å². The van der Waals surface area contributed by atoms with Gasteiger partial charge in [-0.25, -0.2) is 9.97 Å². The molecule has 2 aromatic heterocycles. The zero-order valence-electron chi connectivity index (χ0n) is 17.7. The molecule has 0 saturated heterocycles. The molecule has 1 saturated carbocycles. The minimum Gasteiger partial charge on any atom is -0.384 e. The van der Waals surface area contributed by atoms with E-state index in [4.69, 9.17) is 5.73 Å². The smallest absolute Gasteiger partial charge is 0.384 e. The van der Waals surface area contributed by atoms with Crippen molar-refractivity contribution in [2.45, 2.75) is 44.3 Å². The van der Waals surface area contributed by atoms with E-state index in [1.54, 1.807) is 24.3 Å². The zero-order chi connectivity index (χ0) is 23.2. The van der Waals surface area contributed by atoms with Crippen LogP contribution in [0.3, 0.4) is 0 Å². The summed E-state index contributed by atoms with van der Waals surface area (Å²) in [7, 11) is 0. The number of hydrogen-bond donors (Lipinski definition) is 2. The molecule has 1 aliphatic rings. The van der Waals surface area contributed by atoms with Gasteiger partial charge in [0.2, 0.25) is 0 Å². The van der Waals surface area contributed by atoms with Crippen LogP contribution in [-0.4, -0.2) is 26.5 Å². The molecular weight excluding hydrogens is 431 g/mol. The number of nitrogens with zero attached hydrogens (tertiary/aromatic N) is 3. The summed E-state index contributed by atoms with van der Waals surface area (Å²) < 4.78 is 41.5. The standard InChI is InChI=1S/C24H22F3N5O/c25-24(26,27)14-7-6-10-16(13-14)32-21(28)19(23(33)29-15-8-2-1-3-9-15)20-22(32)31-18-12-5-4-11-17(18)30-20/h4-7,10-13,15H,1-3,8-9,28H2,(H,29,33). The second-order valence-corrected chi connectivity index (χ2v) is 8.34. The largest absolute Gasteiger partial charge is 0.416 e. The third kappa shape index (κ3) is 3.88. The number of aromatic nitrogens is 3. The molecule has 0 radical (unpaired) electrons. The van der Waals surface area contributed by atoms with Crippen molar-refractivity contribution >= 4 is 33.9 Å². The molecular formula is C24H22F3N5O. The van der Waals surface area contributed by atoms with Crippen LogP contribution in [0.2, 0.25) is 0 Å². The van der Waals surface area contributed by atoms with Crippen molar-refractivity contribution in [1.82, 2.24) is 19.9 Å². The molecule has 9 heteroatoms. The Morgan fingerprint density at radius 3 is 2.39 bits per heavy atom. The molecule has 0 bridgehead atoms. The van der Waals surface area contributed by atoms with Crippen molar-refractivity contribution in [1.29, 1.82) is 0 Å². The highest BCUT2D eigenvalue weighted by atomic mass is 19.4. The van der Waals surface area contributed by atoms with Crippen molar-refractivity contribution in [3.63, 3.8) is 0 Å². The molecule has 1 fully saturated rings. The number of hydrogen-bond acceptors (Lipinski definition) is 4. The van der Waals surface area contributed by atoms with Gasteiger partial charge in [-0.05, 0) is 43.2 Å². The topological polar surface area (TPSA) is 85.8 Å². The Balaban J connectivity index is 1.71. The second-order valence-electron chi connectivity index (χ2n) is 8.34. The first kappa shape index (κ1) is 21.2. The Morgan fingerprint density at radius 1 is 1.00 bits per heavy atom. The number of anilines is 1. The van der Waals surface area contributed by atoms with Crippen LogP contribution >= 0.6 is 0 Å². The number of alkyl halides is 3. The molecule has 0 spiro atoms. The predicted molar refractivity (Wildman–Crippen MR) is 120 cm³/mol. The molecule has 5 rings (SSSR count). The van der Waals surface area contributed by atoms with Crippen molar-refractivity contribution in [2.24, 2.45) is 0 Å². The van der Waals surface area contributed by atoms with Crippen molar-refractivity contribution in [2.75, 3.05) is 5.73 Å². The van der Waals surface area contributed by atoms with Gasteiger partial charge in [-0.1, -0.05) is 37.5 Å². The Morgan fingerprint density at radius 2 is 1.70 bits per heavy atom. The molecule has 2 aromatic carbocycles. The number of nitrogens with two attached hydrogens (primary N) is 1. The van der Waals surface area contributed by atoms with Crippen molar-refractivity contribution < 1.29 is 18.0 Å². The number of rotatable bonds is 3. The number of fused-ring (bicyclic) bond motifs is 2. The monoisotopic (exact) mass is 453 g/mol. The molecule has 0 aliphatic heterocycles. The summed E-state index contributed by atoms with van der Waals surface area (Å²) in [6, 6.07) is 11.9. The van der Waals surface area contributed by atoms with E-state index in [-0.39, 0.29) is 40.2 Å². The van der Waals surface area contributed by atoms with Gasteiger partial charge in [-0.15, -0.1) is 0 Å². The number of para-hydroxylation sites is 2. The number of halogens is 3.